The van der Waals surface area contributed by atoms with Gasteiger partial charge >= 0.3 is 51.4 Å². The summed E-state index contributed by atoms with van der Waals surface area (Å²) in [7, 11) is 0. The molecule has 0 saturated heterocycles. The summed E-state index contributed by atoms with van der Waals surface area (Å²) in [5.41, 5.74) is 0. The second-order valence-electron chi connectivity index (χ2n) is 5.88. The number of allylic oxidation sites excluding steroid dienone is 9. The molecule has 0 aromatic heterocycles. The van der Waals surface area contributed by atoms with Crippen molar-refractivity contribution in [3.63, 3.8) is 0 Å². The van der Waals surface area contributed by atoms with Crippen LogP contribution in [0, 0.1) is 0 Å². The summed E-state index contributed by atoms with van der Waals surface area (Å²) < 4.78 is 0. The van der Waals surface area contributed by atoms with Crippen LogP contribution in [0.5, 0.6) is 0 Å². The summed E-state index contributed by atoms with van der Waals surface area (Å²) in [6.45, 7) is 2.26. The topological polar surface area (TPSA) is 71.6 Å². The van der Waals surface area contributed by atoms with Crippen LogP contribution >= 0.6 is 0 Å². The van der Waals surface area contributed by atoms with Crippen LogP contribution in [0.4, 0.5) is 0 Å². The van der Waals surface area contributed by atoms with Crippen molar-refractivity contribution in [2.45, 2.75) is 71.1 Å². The zero-order valence-electron chi connectivity index (χ0n) is 16.7. The summed E-state index contributed by atoms with van der Waals surface area (Å²) in [6.07, 6.45) is 31.4. The van der Waals surface area contributed by atoms with Gasteiger partial charge in [-0.1, -0.05) is 113 Å². The largest absolute Gasteiger partial charge is 1.00 e. The fourth-order valence-electron chi connectivity index (χ4n) is 2.27. The van der Waals surface area contributed by atoms with Gasteiger partial charge in [-0.05, 0) is 18.9 Å². The zero-order valence-corrected chi connectivity index (χ0v) is 19.8. The van der Waals surface area contributed by atoms with Crippen molar-refractivity contribution in [2.24, 2.45) is 0 Å². The van der Waals surface area contributed by atoms with Crippen LogP contribution < -0.4 is 56.5 Å². The molecule has 2 N–H and O–H groups in total. The van der Waals surface area contributed by atoms with Crippen molar-refractivity contribution < 1.29 is 66.8 Å². The van der Waals surface area contributed by atoms with Gasteiger partial charge in [0.2, 0.25) is 0 Å². The molecule has 0 aliphatic carbocycles. The molecule has 0 bridgehead atoms. The summed E-state index contributed by atoms with van der Waals surface area (Å²) >= 11 is 0. The minimum Gasteiger partial charge on any atom is -0.545 e. The van der Waals surface area contributed by atoms with E-state index in [9.17, 15) is 9.90 Å². The summed E-state index contributed by atoms with van der Waals surface area (Å²) in [6, 6.07) is 0. The number of hydrogen-bond acceptors (Lipinski definition) is 2. The van der Waals surface area contributed by atoms with E-state index < -0.39 is 5.97 Å². The summed E-state index contributed by atoms with van der Waals surface area (Å²) in [5.74, 6) is -1.18. The fraction of sp³-hybridized carbons (Fsp3) is 0.500. The van der Waals surface area contributed by atoms with E-state index in [1.165, 1.54) is 63.9 Å². The predicted molar refractivity (Wildman–Crippen MR) is 106 cm³/mol. The van der Waals surface area contributed by atoms with E-state index in [-0.39, 0.29) is 56.9 Å². The first-order valence-electron chi connectivity index (χ1n) is 9.31. The first-order chi connectivity index (χ1) is 11.8. The van der Waals surface area contributed by atoms with Crippen LogP contribution in [-0.4, -0.2) is 11.4 Å². The molecular formula is C22H35KO3. The number of carboxylic acid groups (broad SMARTS) is 1. The van der Waals surface area contributed by atoms with Crippen LogP contribution in [-0.2, 0) is 4.79 Å². The van der Waals surface area contributed by atoms with E-state index in [0.717, 1.165) is 12.5 Å². The molecule has 0 aliphatic rings. The number of carbonyl (C=O) groups excluding carboxylic acids is 1. The Labute approximate surface area is 202 Å². The normalized spacial score (nSPS) is 11.7. The Hall–Kier alpha value is -0.234. The monoisotopic (exact) mass is 386 g/mol. The van der Waals surface area contributed by atoms with Crippen molar-refractivity contribution in [1.29, 1.82) is 0 Å². The van der Waals surface area contributed by atoms with E-state index in [1.807, 2.05) is 24.3 Å². The molecule has 0 fully saturated rings. The van der Waals surface area contributed by atoms with Crippen molar-refractivity contribution in [2.75, 3.05) is 0 Å². The number of aliphatic carboxylic acids is 1. The number of carboxylic acids is 1. The van der Waals surface area contributed by atoms with Crippen molar-refractivity contribution >= 4 is 5.97 Å². The van der Waals surface area contributed by atoms with Gasteiger partial charge in [0, 0.05) is 0 Å². The average molecular weight is 387 g/mol. The Morgan fingerprint density at radius 2 is 1.12 bits per heavy atom. The van der Waals surface area contributed by atoms with Gasteiger partial charge in [-0.25, -0.2) is 0 Å². The van der Waals surface area contributed by atoms with E-state index in [2.05, 4.69) is 19.1 Å². The molecule has 0 radical (unpaired) electrons. The van der Waals surface area contributed by atoms with Gasteiger partial charge < -0.3 is 15.4 Å². The third-order valence-electron chi connectivity index (χ3n) is 3.62. The first-order valence-corrected chi connectivity index (χ1v) is 9.31. The molecule has 4 heteroatoms. The second-order valence-corrected chi connectivity index (χ2v) is 5.88. The molecule has 0 rings (SSSR count). The molecule has 0 aromatic rings. The van der Waals surface area contributed by atoms with Gasteiger partial charge in [-0.2, -0.15) is 0 Å². The Morgan fingerprint density at radius 1 is 0.692 bits per heavy atom. The maximum Gasteiger partial charge on any atom is 1.00 e. The number of hydrogen-bond donors (Lipinski definition) is 0. The van der Waals surface area contributed by atoms with Gasteiger partial charge in [-0.3, -0.25) is 0 Å². The minimum absolute atomic E-state index is 0. The first kappa shape index (κ1) is 30.5. The third kappa shape index (κ3) is 28.6. The van der Waals surface area contributed by atoms with E-state index >= 15 is 0 Å². The van der Waals surface area contributed by atoms with Gasteiger partial charge in [0.1, 0.15) is 0 Å². The third-order valence-corrected chi connectivity index (χ3v) is 3.62. The second kappa shape index (κ2) is 27.0. The van der Waals surface area contributed by atoms with Crippen LogP contribution in [0.1, 0.15) is 71.1 Å². The molecule has 3 nitrogen and oxygen atoms in total. The van der Waals surface area contributed by atoms with Gasteiger partial charge in [0.05, 0.1) is 5.97 Å². The maximum absolute atomic E-state index is 10.1. The molecule has 0 heterocycles. The van der Waals surface area contributed by atoms with Gasteiger partial charge in [-0.15, -0.1) is 0 Å². The van der Waals surface area contributed by atoms with Crippen LogP contribution in [0.15, 0.2) is 60.8 Å². The summed E-state index contributed by atoms with van der Waals surface area (Å²) in [4.78, 5) is 10.1. The quantitative estimate of drug-likeness (QED) is 0.186. The van der Waals surface area contributed by atoms with Crippen LogP contribution in [0.3, 0.4) is 0 Å². The van der Waals surface area contributed by atoms with E-state index in [1.54, 1.807) is 12.2 Å². The SMILES string of the molecule is CCCCCCCCCCC/C=C/C=C/C=C/C=C/C=C/C(=O)[O-].O.[K+]. The molecule has 0 spiro atoms. The Kier molecular flexibility index (Phi) is 31.7. The number of unbranched alkanes of at least 4 members (excludes halogenated alkanes) is 9. The maximum atomic E-state index is 10.1. The molecular weight excluding hydrogens is 351 g/mol. The van der Waals surface area contributed by atoms with E-state index in [4.69, 9.17) is 0 Å². The van der Waals surface area contributed by atoms with Crippen molar-refractivity contribution in [3.8, 4) is 0 Å². The fourth-order valence-corrected chi connectivity index (χ4v) is 2.27. The molecule has 0 unspecified atom stereocenters. The van der Waals surface area contributed by atoms with Gasteiger partial charge in [0.15, 0.2) is 0 Å². The van der Waals surface area contributed by atoms with E-state index in [0.29, 0.717) is 0 Å². The molecule has 0 aromatic carbocycles. The van der Waals surface area contributed by atoms with Crippen molar-refractivity contribution in [3.05, 3.63) is 60.8 Å². The minimum atomic E-state index is -1.18. The molecule has 0 saturated carbocycles. The standard InChI is InChI=1S/C22H34O2.K.H2O/c1-2-3-4-5-6-7-8-9-10-11-12-13-14-15-16-17-18-19-20-21-22(23)24;;/h12-21H,2-11H2,1H3,(H,23,24);;1H2/q;+1;/p-1/b13-12+,15-14+,17-16+,19-18+,21-20+;;. The van der Waals surface area contributed by atoms with Crippen LogP contribution in [0.25, 0.3) is 0 Å². The Balaban J connectivity index is -0.00000264. The molecule has 142 valence electrons. The molecule has 0 amide bonds. The van der Waals surface area contributed by atoms with Crippen LogP contribution in [0.2, 0.25) is 0 Å². The molecule has 0 aliphatic heterocycles. The zero-order chi connectivity index (χ0) is 17.7. The Morgan fingerprint density at radius 3 is 1.62 bits per heavy atom. The summed E-state index contributed by atoms with van der Waals surface area (Å²) in [5, 5.41) is 10.1. The molecule has 26 heavy (non-hydrogen) atoms. The average Bonchev–Trinajstić information content (AvgIpc) is 2.56. The van der Waals surface area contributed by atoms with Crippen molar-refractivity contribution in [1.82, 2.24) is 0 Å². The number of rotatable bonds is 15. The van der Waals surface area contributed by atoms with Gasteiger partial charge in [0.25, 0.3) is 0 Å². The predicted octanol–water partition coefficient (Wildman–Crippen LogP) is 1.62. The molecule has 0 atom stereocenters. The number of carbonyl (C=O) groups is 1. The Bertz CT molecular complexity index is 435. The smallest absolute Gasteiger partial charge is 0.545 e.